The second kappa shape index (κ2) is 7.90. The fourth-order valence-corrected chi connectivity index (χ4v) is 5.80. The molecule has 0 aliphatic carbocycles. The number of thiophene rings is 1. The molecule has 0 spiro atoms. The van der Waals surface area contributed by atoms with E-state index >= 15 is 0 Å². The lowest BCUT2D eigenvalue weighted by Gasteiger charge is -2.27. The molecule has 1 atom stereocenters. The summed E-state index contributed by atoms with van der Waals surface area (Å²) in [7, 11) is -7.06. The van der Waals surface area contributed by atoms with Crippen molar-refractivity contribution in [1.82, 2.24) is 4.90 Å². The van der Waals surface area contributed by atoms with Gasteiger partial charge in [-0.2, -0.15) is 0 Å². The van der Waals surface area contributed by atoms with E-state index in [2.05, 4.69) is 16.3 Å². The van der Waals surface area contributed by atoms with Crippen molar-refractivity contribution in [3.05, 3.63) is 40.6 Å². The maximum absolute atomic E-state index is 12.2. The van der Waals surface area contributed by atoms with E-state index in [4.69, 9.17) is 0 Å². The standard InChI is InChI=1S/C18H24N2O4S3/c1-26(21,22)14-7-8-15(18(12-14)27(2,23)24)19-13-16(17-6-5-11-25-17)20-9-3-4-10-20/h5-8,11-12,16,19H,3-4,9-10,13H2,1-2H3. The zero-order chi connectivity index (χ0) is 19.7. The third-order valence-electron chi connectivity index (χ3n) is 4.72. The minimum absolute atomic E-state index is 0.00262. The van der Waals surface area contributed by atoms with Gasteiger partial charge in [-0.15, -0.1) is 11.3 Å². The van der Waals surface area contributed by atoms with Gasteiger partial charge in [0.2, 0.25) is 0 Å². The molecule has 9 heteroatoms. The van der Waals surface area contributed by atoms with Crippen LogP contribution in [0.1, 0.15) is 23.8 Å². The summed E-state index contributed by atoms with van der Waals surface area (Å²) in [6, 6.07) is 8.51. The van der Waals surface area contributed by atoms with Gasteiger partial charge in [-0.25, -0.2) is 16.8 Å². The molecule has 1 fully saturated rings. The lowest BCUT2D eigenvalue weighted by molar-refractivity contribution is 0.259. The maximum atomic E-state index is 12.2. The highest BCUT2D eigenvalue weighted by Gasteiger charge is 2.25. The molecule has 3 rings (SSSR count). The van der Waals surface area contributed by atoms with Crippen LogP contribution in [0, 0.1) is 0 Å². The number of sulfone groups is 2. The maximum Gasteiger partial charge on any atom is 0.177 e. The van der Waals surface area contributed by atoms with Crippen LogP contribution in [0.4, 0.5) is 5.69 Å². The fourth-order valence-electron chi connectivity index (χ4n) is 3.34. The van der Waals surface area contributed by atoms with E-state index in [1.165, 1.54) is 29.9 Å². The van der Waals surface area contributed by atoms with Crippen molar-refractivity contribution in [1.29, 1.82) is 0 Å². The van der Waals surface area contributed by atoms with Gasteiger partial charge in [0.05, 0.1) is 21.5 Å². The summed E-state index contributed by atoms with van der Waals surface area (Å²) < 4.78 is 48.0. The summed E-state index contributed by atoms with van der Waals surface area (Å²) in [5.74, 6) is 0. The monoisotopic (exact) mass is 428 g/mol. The minimum atomic E-state index is -3.57. The van der Waals surface area contributed by atoms with Crippen LogP contribution >= 0.6 is 11.3 Å². The molecule has 1 aliphatic heterocycles. The van der Waals surface area contributed by atoms with E-state index < -0.39 is 19.7 Å². The quantitative estimate of drug-likeness (QED) is 0.730. The summed E-state index contributed by atoms with van der Waals surface area (Å²) in [4.78, 5) is 3.65. The molecule has 0 saturated carbocycles. The van der Waals surface area contributed by atoms with Gasteiger partial charge in [-0.3, -0.25) is 4.90 Å². The zero-order valence-electron chi connectivity index (χ0n) is 15.4. The molecule has 0 radical (unpaired) electrons. The van der Waals surface area contributed by atoms with Crippen LogP contribution in [-0.2, 0) is 19.7 Å². The Morgan fingerprint density at radius 3 is 2.33 bits per heavy atom. The molecule has 1 saturated heterocycles. The molecule has 2 heterocycles. The van der Waals surface area contributed by atoms with E-state index in [0.29, 0.717) is 12.2 Å². The van der Waals surface area contributed by atoms with Crippen LogP contribution < -0.4 is 5.32 Å². The predicted octanol–water partition coefficient (Wildman–Crippen LogP) is 2.80. The van der Waals surface area contributed by atoms with Crippen molar-refractivity contribution in [3.8, 4) is 0 Å². The number of hydrogen-bond acceptors (Lipinski definition) is 7. The van der Waals surface area contributed by atoms with Gasteiger partial charge in [0.1, 0.15) is 0 Å². The SMILES string of the molecule is CS(=O)(=O)c1ccc(NCC(c2cccs2)N2CCCC2)c(S(C)(=O)=O)c1. The van der Waals surface area contributed by atoms with Crippen molar-refractivity contribution in [2.45, 2.75) is 28.7 Å². The first kappa shape index (κ1) is 20.3. The molecule has 6 nitrogen and oxygen atoms in total. The summed E-state index contributed by atoms with van der Waals surface area (Å²) in [6.45, 7) is 2.60. The van der Waals surface area contributed by atoms with E-state index in [1.807, 2.05) is 11.4 Å². The number of benzene rings is 1. The summed E-state index contributed by atoms with van der Waals surface area (Å²) >= 11 is 1.69. The van der Waals surface area contributed by atoms with Gasteiger partial charge in [0, 0.05) is 23.9 Å². The molecule has 148 valence electrons. The van der Waals surface area contributed by atoms with Crippen LogP contribution in [0.5, 0.6) is 0 Å². The number of nitrogens with zero attached hydrogens (tertiary/aromatic N) is 1. The van der Waals surface area contributed by atoms with Gasteiger partial charge in [-0.1, -0.05) is 6.07 Å². The molecule has 0 bridgehead atoms. The lowest BCUT2D eigenvalue weighted by Crippen LogP contribution is -2.30. The topological polar surface area (TPSA) is 83.6 Å². The number of hydrogen-bond donors (Lipinski definition) is 1. The Morgan fingerprint density at radius 2 is 1.78 bits per heavy atom. The molecule has 1 aromatic carbocycles. The molecular weight excluding hydrogens is 404 g/mol. The number of anilines is 1. The summed E-state index contributed by atoms with van der Waals surface area (Å²) in [5, 5.41) is 5.30. The van der Waals surface area contributed by atoms with Crippen molar-refractivity contribution in [3.63, 3.8) is 0 Å². The minimum Gasteiger partial charge on any atom is -0.382 e. The molecule has 1 unspecified atom stereocenters. The molecule has 1 aliphatic rings. The van der Waals surface area contributed by atoms with Crippen LogP contribution in [0.25, 0.3) is 0 Å². The second-order valence-corrected chi connectivity index (χ2v) is 11.8. The smallest absolute Gasteiger partial charge is 0.177 e. The molecule has 27 heavy (non-hydrogen) atoms. The molecule has 2 aromatic rings. The lowest BCUT2D eigenvalue weighted by atomic mass is 10.2. The Labute approximate surface area is 165 Å². The van der Waals surface area contributed by atoms with Crippen molar-refractivity contribution < 1.29 is 16.8 Å². The fraction of sp³-hybridized carbons (Fsp3) is 0.444. The normalized spacial score (nSPS) is 17.1. The molecule has 1 aromatic heterocycles. The Morgan fingerprint density at radius 1 is 1.07 bits per heavy atom. The van der Waals surface area contributed by atoms with Crippen LogP contribution in [0.15, 0.2) is 45.5 Å². The largest absolute Gasteiger partial charge is 0.382 e. The highest BCUT2D eigenvalue weighted by molar-refractivity contribution is 7.91. The van der Waals surface area contributed by atoms with Gasteiger partial charge >= 0.3 is 0 Å². The van der Waals surface area contributed by atoms with Gasteiger partial charge in [0.15, 0.2) is 19.7 Å². The van der Waals surface area contributed by atoms with Crippen LogP contribution in [-0.4, -0.2) is 53.9 Å². The molecule has 1 N–H and O–H groups in total. The molecule has 0 amide bonds. The van der Waals surface area contributed by atoms with Crippen molar-refractivity contribution >= 4 is 36.7 Å². The molecular formula is C18H24N2O4S3. The van der Waals surface area contributed by atoms with E-state index in [1.54, 1.807) is 17.4 Å². The van der Waals surface area contributed by atoms with Gasteiger partial charge < -0.3 is 5.32 Å². The van der Waals surface area contributed by atoms with E-state index in [9.17, 15) is 16.8 Å². The Hall–Kier alpha value is -1.42. The van der Waals surface area contributed by atoms with Gasteiger partial charge in [-0.05, 0) is 55.6 Å². The van der Waals surface area contributed by atoms with Crippen LogP contribution in [0.2, 0.25) is 0 Å². The third-order valence-corrected chi connectivity index (χ3v) is 7.94. The summed E-state index contributed by atoms with van der Waals surface area (Å²) in [6.07, 6.45) is 4.50. The average molecular weight is 429 g/mol. The van der Waals surface area contributed by atoms with E-state index in [0.717, 1.165) is 25.6 Å². The first-order valence-electron chi connectivity index (χ1n) is 8.72. The number of nitrogens with one attached hydrogen (secondary N) is 1. The first-order valence-corrected chi connectivity index (χ1v) is 13.4. The Balaban J connectivity index is 1.89. The predicted molar refractivity (Wildman–Crippen MR) is 109 cm³/mol. The van der Waals surface area contributed by atoms with Crippen LogP contribution in [0.3, 0.4) is 0 Å². The number of rotatable bonds is 7. The first-order chi connectivity index (χ1) is 12.7. The second-order valence-electron chi connectivity index (χ2n) is 6.86. The number of likely N-dealkylation sites (tertiary alicyclic amines) is 1. The van der Waals surface area contributed by atoms with Crippen molar-refractivity contribution in [2.24, 2.45) is 0 Å². The Kier molecular flexibility index (Phi) is 5.95. The zero-order valence-corrected chi connectivity index (χ0v) is 17.8. The van der Waals surface area contributed by atoms with E-state index in [-0.39, 0.29) is 15.8 Å². The van der Waals surface area contributed by atoms with Gasteiger partial charge in [0.25, 0.3) is 0 Å². The third kappa shape index (κ3) is 4.90. The summed E-state index contributed by atoms with van der Waals surface area (Å²) in [5.41, 5.74) is 0.436. The highest BCUT2D eigenvalue weighted by Crippen LogP contribution is 2.30. The average Bonchev–Trinajstić information content (AvgIpc) is 3.27. The highest BCUT2D eigenvalue weighted by atomic mass is 32.2. The van der Waals surface area contributed by atoms with Crippen molar-refractivity contribution in [2.75, 3.05) is 37.5 Å². The Bertz CT molecular complexity index is 993.